The van der Waals surface area contributed by atoms with E-state index < -0.39 is 47.2 Å². The zero-order valence-electron chi connectivity index (χ0n) is 23.9. The molecule has 3 saturated carbocycles. The van der Waals surface area contributed by atoms with Crippen LogP contribution in [0.25, 0.3) is 0 Å². The number of carbonyl (C=O) groups is 5. The number of nitrogens with one attached hydrogen (secondary N) is 3. The zero-order valence-corrected chi connectivity index (χ0v) is 23.9. The number of allylic oxidation sites excluding steroid dienone is 1. The number of hydrogen-bond acceptors (Lipinski definition) is 5. The first-order valence-corrected chi connectivity index (χ1v) is 14.3. The highest BCUT2D eigenvalue weighted by Crippen LogP contribution is 2.66. The molecule has 5 amide bonds. The summed E-state index contributed by atoms with van der Waals surface area (Å²) in [6.45, 7) is 11.4. The van der Waals surface area contributed by atoms with Crippen LogP contribution in [0.1, 0.15) is 91.9 Å². The maximum absolute atomic E-state index is 14.1. The number of nitrogens with zero attached hydrogens (tertiary/aromatic N) is 1. The van der Waals surface area contributed by atoms with E-state index in [1.807, 2.05) is 20.8 Å². The van der Waals surface area contributed by atoms with Crippen molar-refractivity contribution in [2.24, 2.45) is 27.9 Å². The van der Waals surface area contributed by atoms with E-state index in [-0.39, 0.29) is 17.2 Å². The number of amides is 5. The van der Waals surface area contributed by atoms with Gasteiger partial charge in [0.05, 0.1) is 6.04 Å². The Labute approximate surface area is 231 Å². The van der Waals surface area contributed by atoms with Gasteiger partial charge in [-0.2, -0.15) is 0 Å². The normalized spacial score (nSPS) is 27.0. The van der Waals surface area contributed by atoms with Crippen LogP contribution in [0.3, 0.4) is 0 Å². The lowest BCUT2D eigenvalue weighted by Gasteiger charge is -2.36. The van der Waals surface area contributed by atoms with Crippen LogP contribution in [0.4, 0.5) is 4.79 Å². The number of urea groups is 1. The molecule has 3 aliphatic carbocycles. The summed E-state index contributed by atoms with van der Waals surface area (Å²) in [5, 5.41) is 8.21. The van der Waals surface area contributed by atoms with E-state index >= 15 is 0 Å². The molecule has 0 aromatic rings. The molecule has 216 valence electrons. The molecule has 4 rings (SSSR count). The van der Waals surface area contributed by atoms with Gasteiger partial charge >= 0.3 is 6.03 Å². The predicted molar refractivity (Wildman–Crippen MR) is 146 cm³/mol. The predicted octanol–water partition coefficient (Wildman–Crippen LogP) is 2.51. The van der Waals surface area contributed by atoms with Crippen LogP contribution in [0.15, 0.2) is 12.3 Å². The Morgan fingerprint density at radius 1 is 1.03 bits per heavy atom. The number of carbonyl (C=O) groups excluding carboxylic acids is 5. The summed E-state index contributed by atoms with van der Waals surface area (Å²) >= 11 is 0. The summed E-state index contributed by atoms with van der Waals surface area (Å²) in [5.74, 6) is -2.37. The second kappa shape index (κ2) is 10.6. The lowest BCUT2D eigenvalue weighted by molar-refractivity contribution is -0.143. The number of rotatable bonds is 9. The minimum atomic E-state index is -1.07. The third kappa shape index (κ3) is 6.47. The summed E-state index contributed by atoms with van der Waals surface area (Å²) < 4.78 is 0. The average Bonchev–Trinajstić information content (AvgIpc) is 3.31. The topological polar surface area (TPSA) is 151 Å². The number of primary amides is 1. The number of Topliss-reactive ketones (excluding diaryl/α,β-unsaturated/α-hetero) is 1. The van der Waals surface area contributed by atoms with Crippen LogP contribution in [0, 0.1) is 22.2 Å². The van der Waals surface area contributed by atoms with E-state index in [9.17, 15) is 24.0 Å². The number of ketones is 1. The monoisotopic (exact) mass is 543 g/mol. The van der Waals surface area contributed by atoms with Crippen LogP contribution in [-0.2, 0) is 19.2 Å². The smallest absolute Gasteiger partial charge is 0.319 e. The number of likely N-dealkylation sites (tertiary alicyclic amines) is 1. The molecule has 10 nitrogen and oxygen atoms in total. The van der Waals surface area contributed by atoms with Crippen molar-refractivity contribution in [1.29, 1.82) is 0 Å². The summed E-state index contributed by atoms with van der Waals surface area (Å²) in [7, 11) is 0. The first kappa shape index (κ1) is 29.1. The fourth-order valence-corrected chi connectivity index (χ4v) is 6.85. The van der Waals surface area contributed by atoms with Gasteiger partial charge in [-0.1, -0.05) is 46.6 Å². The molecule has 0 radical (unpaired) electrons. The largest absolute Gasteiger partial charge is 0.363 e. The van der Waals surface area contributed by atoms with Gasteiger partial charge in [-0.25, -0.2) is 4.79 Å². The van der Waals surface area contributed by atoms with E-state index in [4.69, 9.17) is 5.73 Å². The van der Waals surface area contributed by atoms with Gasteiger partial charge in [0.25, 0.3) is 5.91 Å². The summed E-state index contributed by atoms with van der Waals surface area (Å²) in [6, 6.07) is -3.22. The van der Waals surface area contributed by atoms with Gasteiger partial charge in [0, 0.05) is 12.2 Å². The van der Waals surface area contributed by atoms with Crippen LogP contribution >= 0.6 is 0 Å². The summed E-state index contributed by atoms with van der Waals surface area (Å²) in [5.41, 5.74) is 5.29. The van der Waals surface area contributed by atoms with E-state index in [0.29, 0.717) is 30.5 Å². The second-order valence-electron chi connectivity index (χ2n) is 13.9. The van der Waals surface area contributed by atoms with Gasteiger partial charge in [-0.15, -0.1) is 0 Å². The Bertz CT molecular complexity index is 1060. The van der Waals surface area contributed by atoms with E-state index in [2.05, 4.69) is 22.5 Å². The molecule has 4 atom stereocenters. The van der Waals surface area contributed by atoms with Gasteiger partial charge in [0.2, 0.25) is 17.6 Å². The summed E-state index contributed by atoms with van der Waals surface area (Å²) in [4.78, 5) is 66.6. The molecule has 1 heterocycles. The van der Waals surface area contributed by atoms with Crippen molar-refractivity contribution < 1.29 is 24.0 Å². The van der Waals surface area contributed by atoms with Gasteiger partial charge in [0.1, 0.15) is 12.1 Å². The SMILES string of the molecule is C=C(C)NC(=O)N[C@H](C(=O)N1CC2(CCC3(CC3)C2)C[C@H]1C(=O)NC(CC1CCC1)C(=O)C(N)=O)C(C)(C)C. The second-order valence-corrected chi connectivity index (χ2v) is 13.9. The Kier molecular flexibility index (Phi) is 7.89. The van der Waals surface area contributed by atoms with Crippen LogP contribution in [0.5, 0.6) is 0 Å². The molecule has 2 spiro atoms. The summed E-state index contributed by atoms with van der Waals surface area (Å²) in [6.07, 6.45) is 9.20. The van der Waals surface area contributed by atoms with Crippen molar-refractivity contribution in [2.75, 3.05) is 6.54 Å². The van der Waals surface area contributed by atoms with Crippen LogP contribution < -0.4 is 21.7 Å². The molecule has 1 saturated heterocycles. The van der Waals surface area contributed by atoms with Crippen LogP contribution in [0.2, 0.25) is 0 Å². The van der Waals surface area contributed by atoms with Crippen LogP contribution in [-0.4, -0.2) is 59.1 Å². The fourth-order valence-electron chi connectivity index (χ4n) is 6.85. The average molecular weight is 544 g/mol. The lowest BCUT2D eigenvalue weighted by atomic mass is 9.80. The standard InChI is InChI=1S/C29H45N5O5/c1-17(2)31-26(39)33-22(27(3,4)5)25(38)34-16-29(12-11-28(15-29)9-10-28)14-20(34)24(37)32-19(21(35)23(30)36)13-18-7-6-8-18/h18-20,22H,1,6-16H2,2-5H3,(H2,30,36)(H,32,37)(H2,31,33,39)/t19?,20-,22+,29?/m0/s1. The number of hydrogen-bond donors (Lipinski definition) is 4. The fraction of sp³-hybridized carbons (Fsp3) is 0.759. The molecule has 2 unspecified atom stereocenters. The zero-order chi connectivity index (χ0) is 28.8. The lowest BCUT2D eigenvalue weighted by Crippen LogP contribution is -2.60. The molecule has 0 aromatic heterocycles. The van der Waals surface area contributed by atoms with Gasteiger partial charge < -0.3 is 26.6 Å². The van der Waals surface area contributed by atoms with Crippen molar-refractivity contribution >= 4 is 29.5 Å². The maximum Gasteiger partial charge on any atom is 0.319 e. The highest BCUT2D eigenvalue weighted by atomic mass is 16.2. The first-order valence-electron chi connectivity index (χ1n) is 14.3. The first-order chi connectivity index (χ1) is 18.1. The molecular formula is C29H45N5O5. The van der Waals surface area contributed by atoms with E-state index in [1.54, 1.807) is 11.8 Å². The van der Waals surface area contributed by atoms with Gasteiger partial charge in [-0.3, -0.25) is 19.2 Å². The molecule has 5 N–H and O–H groups in total. The molecule has 10 heteroatoms. The molecule has 4 aliphatic rings. The highest BCUT2D eigenvalue weighted by Gasteiger charge is 2.60. The molecule has 0 bridgehead atoms. The third-order valence-corrected chi connectivity index (χ3v) is 9.37. The van der Waals surface area contributed by atoms with E-state index in [0.717, 1.165) is 38.5 Å². The number of nitrogens with two attached hydrogens (primary N) is 1. The molecular weight excluding hydrogens is 498 g/mol. The Morgan fingerprint density at radius 3 is 2.13 bits per heavy atom. The minimum Gasteiger partial charge on any atom is -0.363 e. The van der Waals surface area contributed by atoms with E-state index in [1.165, 1.54) is 12.8 Å². The molecule has 1 aliphatic heterocycles. The molecule has 4 fully saturated rings. The van der Waals surface area contributed by atoms with Crippen molar-refractivity contribution in [2.45, 2.75) is 110 Å². The van der Waals surface area contributed by atoms with Crippen molar-refractivity contribution in [3.8, 4) is 0 Å². The highest BCUT2D eigenvalue weighted by molar-refractivity contribution is 6.37. The van der Waals surface area contributed by atoms with Crippen molar-refractivity contribution in [3.05, 3.63) is 12.3 Å². The quantitative estimate of drug-likeness (QED) is 0.330. The van der Waals surface area contributed by atoms with Crippen molar-refractivity contribution in [1.82, 2.24) is 20.9 Å². The maximum atomic E-state index is 14.1. The Hall–Kier alpha value is -2.91. The Balaban J connectivity index is 1.59. The van der Waals surface area contributed by atoms with Gasteiger partial charge in [0.15, 0.2) is 0 Å². The minimum absolute atomic E-state index is 0.173. The van der Waals surface area contributed by atoms with Crippen molar-refractivity contribution in [3.63, 3.8) is 0 Å². The third-order valence-electron chi connectivity index (χ3n) is 9.37. The molecule has 39 heavy (non-hydrogen) atoms. The Morgan fingerprint density at radius 2 is 1.64 bits per heavy atom. The van der Waals surface area contributed by atoms with Gasteiger partial charge in [-0.05, 0) is 74.0 Å². The molecule has 0 aromatic carbocycles.